The zero-order valence-corrected chi connectivity index (χ0v) is 12.2. The molecule has 0 atom stereocenters. The molecule has 122 valence electrons. The second-order valence-electron chi connectivity index (χ2n) is 4.60. The summed E-state index contributed by atoms with van der Waals surface area (Å²) in [6.07, 6.45) is 0. The quantitative estimate of drug-likeness (QED) is 0.333. The van der Waals surface area contributed by atoms with Gasteiger partial charge < -0.3 is 11.1 Å². The maximum atomic E-state index is 11.9. The number of nitrogens with one attached hydrogen (secondary N) is 2. The lowest BCUT2D eigenvalue weighted by atomic mass is 10.1. The first kappa shape index (κ1) is 16.6. The van der Waals surface area contributed by atoms with E-state index in [1.807, 2.05) is 5.32 Å². The van der Waals surface area contributed by atoms with Gasteiger partial charge in [-0.3, -0.25) is 29.8 Å². The minimum atomic E-state index is -1.26. The van der Waals surface area contributed by atoms with Gasteiger partial charge in [0.1, 0.15) is 5.69 Å². The van der Waals surface area contributed by atoms with Crippen LogP contribution < -0.4 is 16.4 Å². The monoisotopic (exact) mass is 328 g/mol. The highest BCUT2D eigenvalue weighted by molar-refractivity contribution is 6.42. The van der Waals surface area contributed by atoms with Crippen molar-refractivity contribution < 1.29 is 19.3 Å². The predicted molar refractivity (Wildman–Crippen MR) is 85.1 cm³/mol. The molecule has 2 aromatic carbocycles. The number of rotatable bonds is 3. The average Bonchev–Trinajstić information content (AvgIpc) is 2.55. The Morgan fingerprint density at radius 2 is 1.58 bits per heavy atom. The van der Waals surface area contributed by atoms with Crippen molar-refractivity contribution >= 4 is 34.8 Å². The van der Waals surface area contributed by atoms with Crippen molar-refractivity contribution in [3.05, 3.63) is 64.2 Å². The summed E-state index contributed by atoms with van der Waals surface area (Å²) >= 11 is 0. The van der Waals surface area contributed by atoms with E-state index in [4.69, 9.17) is 5.73 Å². The number of nitrogen functional groups attached to an aromatic ring is 1. The van der Waals surface area contributed by atoms with Crippen LogP contribution in [0.1, 0.15) is 10.4 Å². The highest BCUT2D eigenvalue weighted by Gasteiger charge is 2.22. The molecule has 9 heteroatoms. The van der Waals surface area contributed by atoms with Gasteiger partial charge in [-0.1, -0.05) is 24.3 Å². The number of anilines is 2. The maximum absolute atomic E-state index is 11.9. The first-order valence-corrected chi connectivity index (χ1v) is 6.64. The third kappa shape index (κ3) is 3.71. The molecule has 0 spiro atoms. The number of nitrogens with zero attached hydrogens (tertiary/aromatic N) is 1. The zero-order chi connectivity index (χ0) is 17.7. The van der Waals surface area contributed by atoms with Gasteiger partial charge in [0.25, 0.3) is 11.6 Å². The summed E-state index contributed by atoms with van der Waals surface area (Å²) in [5.41, 5.74) is 5.24. The van der Waals surface area contributed by atoms with E-state index in [1.165, 1.54) is 36.4 Å². The Morgan fingerprint density at radius 1 is 0.958 bits per heavy atom. The Bertz CT molecular complexity index is 834. The first-order valence-electron chi connectivity index (χ1n) is 6.64. The Balaban J connectivity index is 2.08. The summed E-state index contributed by atoms with van der Waals surface area (Å²) in [5, 5.41) is 14.8. The van der Waals surface area contributed by atoms with Gasteiger partial charge in [-0.25, -0.2) is 0 Å². The van der Waals surface area contributed by atoms with Gasteiger partial charge in [0.05, 0.1) is 10.5 Å². The average molecular weight is 328 g/mol. The number of carbonyl (C=O) groups is 3. The molecule has 0 aliphatic carbocycles. The summed E-state index contributed by atoms with van der Waals surface area (Å²) in [7, 11) is 0. The summed E-state index contributed by atoms with van der Waals surface area (Å²) in [6, 6.07) is 11.3. The van der Waals surface area contributed by atoms with Gasteiger partial charge in [-0.15, -0.1) is 0 Å². The number of carbonyl (C=O) groups excluding carboxylic acids is 3. The molecule has 24 heavy (non-hydrogen) atoms. The zero-order valence-electron chi connectivity index (χ0n) is 12.2. The SMILES string of the molecule is Nc1ccccc1C(=O)NC(=O)C(=O)Nc1ccccc1[N+](=O)[O-]. The van der Waals surface area contributed by atoms with E-state index >= 15 is 0 Å². The van der Waals surface area contributed by atoms with Crippen molar-refractivity contribution in [1.82, 2.24) is 5.32 Å². The summed E-state index contributed by atoms with van der Waals surface area (Å²) < 4.78 is 0. The van der Waals surface area contributed by atoms with Crippen LogP contribution in [0.5, 0.6) is 0 Å². The van der Waals surface area contributed by atoms with E-state index in [2.05, 4.69) is 5.32 Å². The second kappa shape index (κ2) is 7.01. The molecule has 0 saturated heterocycles. The van der Waals surface area contributed by atoms with E-state index in [0.717, 1.165) is 0 Å². The largest absolute Gasteiger partial charge is 0.398 e. The Hall–Kier alpha value is -3.75. The van der Waals surface area contributed by atoms with Crippen molar-refractivity contribution in [2.45, 2.75) is 0 Å². The predicted octanol–water partition coefficient (Wildman–Crippen LogP) is 1.07. The van der Waals surface area contributed by atoms with Crippen LogP contribution in [-0.4, -0.2) is 22.6 Å². The number of nitro groups is 1. The van der Waals surface area contributed by atoms with Crippen LogP contribution in [0.2, 0.25) is 0 Å². The smallest absolute Gasteiger partial charge is 0.316 e. The molecule has 0 unspecified atom stereocenters. The van der Waals surface area contributed by atoms with E-state index < -0.39 is 22.6 Å². The number of para-hydroxylation sites is 3. The third-order valence-corrected chi connectivity index (χ3v) is 2.99. The summed E-state index contributed by atoms with van der Waals surface area (Å²) in [5.74, 6) is -3.33. The first-order chi connectivity index (χ1) is 11.4. The fourth-order valence-corrected chi connectivity index (χ4v) is 1.85. The minimum Gasteiger partial charge on any atom is -0.398 e. The van der Waals surface area contributed by atoms with E-state index in [-0.39, 0.29) is 22.6 Å². The standard InChI is InChI=1S/C15H12N4O5/c16-10-6-2-1-5-9(10)13(20)18-15(22)14(21)17-11-7-3-4-8-12(11)19(23)24/h1-8H,16H2,(H,17,21)(H,18,20,22). The van der Waals surface area contributed by atoms with Crippen LogP contribution >= 0.6 is 0 Å². The molecule has 0 aliphatic rings. The molecular weight excluding hydrogens is 316 g/mol. The van der Waals surface area contributed by atoms with E-state index in [9.17, 15) is 24.5 Å². The van der Waals surface area contributed by atoms with Crippen molar-refractivity contribution in [1.29, 1.82) is 0 Å². The summed E-state index contributed by atoms with van der Waals surface area (Å²) in [4.78, 5) is 45.6. The lowest BCUT2D eigenvalue weighted by molar-refractivity contribution is -0.383. The number of benzene rings is 2. The molecule has 0 fully saturated rings. The number of nitro benzene ring substituents is 1. The van der Waals surface area contributed by atoms with Crippen molar-refractivity contribution in [3.8, 4) is 0 Å². The lowest BCUT2D eigenvalue weighted by Crippen LogP contribution is -2.39. The molecule has 0 radical (unpaired) electrons. The molecule has 0 heterocycles. The normalized spacial score (nSPS) is 9.83. The van der Waals surface area contributed by atoms with Gasteiger partial charge in [-0.2, -0.15) is 0 Å². The molecule has 0 saturated carbocycles. The number of imide groups is 1. The van der Waals surface area contributed by atoms with E-state index in [0.29, 0.717) is 0 Å². The van der Waals surface area contributed by atoms with Crippen LogP contribution in [0.4, 0.5) is 17.1 Å². The number of hydrogen-bond acceptors (Lipinski definition) is 6. The van der Waals surface area contributed by atoms with Crippen LogP contribution in [0.3, 0.4) is 0 Å². The fraction of sp³-hybridized carbons (Fsp3) is 0. The molecule has 2 rings (SSSR count). The van der Waals surface area contributed by atoms with Crippen molar-refractivity contribution in [2.75, 3.05) is 11.1 Å². The Morgan fingerprint density at radius 3 is 2.25 bits per heavy atom. The van der Waals surface area contributed by atoms with Crippen LogP contribution in [-0.2, 0) is 9.59 Å². The Labute approximate surface area is 135 Å². The number of hydrogen-bond donors (Lipinski definition) is 3. The Kier molecular flexibility index (Phi) is 4.85. The van der Waals surface area contributed by atoms with E-state index in [1.54, 1.807) is 12.1 Å². The van der Waals surface area contributed by atoms with Crippen LogP contribution in [0.25, 0.3) is 0 Å². The van der Waals surface area contributed by atoms with Gasteiger partial charge in [0, 0.05) is 11.8 Å². The third-order valence-electron chi connectivity index (χ3n) is 2.99. The summed E-state index contributed by atoms with van der Waals surface area (Å²) in [6.45, 7) is 0. The highest BCUT2D eigenvalue weighted by atomic mass is 16.6. The molecule has 3 amide bonds. The van der Waals surface area contributed by atoms with Gasteiger partial charge >= 0.3 is 11.8 Å². The molecule has 0 bridgehead atoms. The van der Waals surface area contributed by atoms with Crippen molar-refractivity contribution in [3.63, 3.8) is 0 Å². The number of nitrogens with two attached hydrogens (primary N) is 1. The van der Waals surface area contributed by atoms with Crippen LogP contribution in [0.15, 0.2) is 48.5 Å². The molecule has 9 nitrogen and oxygen atoms in total. The minimum absolute atomic E-state index is 0.0318. The molecule has 2 aromatic rings. The van der Waals surface area contributed by atoms with Gasteiger partial charge in [0.15, 0.2) is 0 Å². The topological polar surface area (TPSA) is 144 Å². The van der Waals surface area contributed by atoms with Crippen LogP contribution in [0, 0.1) is 10.1 Å². The molecule has 0 aromatic heterocycles. The lowest BCUT2D eigenvalue weighted by Gasteiger charge is -2.07. The second-order valence-corrected chi connectivity index (χ2v) is 4.60. The molecule has 4 N–H and O–H groups in total. The van der Waals surface area contributed by atoms with Gasteiger partial charge in [0.2, 0.25) is 0 Å². The molecular formula is C15H12N4O5. The number of amides is 3. The fourth-order valence-electron chi connectivity index (χ4n) is 1.85. The molecule has 0 aliphatic heterocycles. The highest BCUT2D eigenvalue weighted by Crippen LogP contribution is 2.22. The maximum Gasteiger partial charge on any atom is 0.316 e. The van der Waals surface area contributed by atoms with Crippen molar-refractivity contribution in [2.24, 2.45) is 0 Å². The van der Waals surface area contributed by atoms with Gasteiger partial charge in [-0.05, 0) is 18.2 Å².